The molecule has 96 valence electrons. The highest BCUT2D eigenvalue weighted by atomic mass is 16.5. The van der Waals surface area contributed by atoms with E-state index in [2.05, 4.69) is 5.32 Å². The number of ketones is 1. The van der Waals surface area contributed by atoms with Gasteiger partial charge in [-0.1, -0.05) is 6.07 Å². The minimum Gasteiger partial charge on any atom is -0.489 e. The second-order valence-electron chi connectivity index (χ2n) is 4.74. The summed E-state index contributed by atoms with van der Waals surface area (Å²) in [6.45, 7) is 2.71. The number of fused-ring (bicyclic) bond motifs is 1. The number of benzene rings is 1. The standard InChI is InChI=1S/C14H17NO3/c16-13(10-3-2-7-17-9-10)11-4-1-5-12-14(11)18-8-6-15-12/h1,4-5,10,15H,2-3,6-9H2. The molecule has 2 aliphatic rings. The molecule has 1 aromatic rings. The molecule has 0 spiro atoms. The van der Waals surface area contributed by atoms with E-state index in [9.17, 15) is 4.79 Å². The van der Waals surface area contributed by atoms with Crippen molar-refractivity contribution in [2.45, 2.75) is 12.8 Å². The zero-order valence-electron chi connectivity index (χ0n) is 10.3. The normalized spacial score (nSPS) is 22.6. The highest BCUT2D eigenvalue weighted by Crippen LogP contribution is 2.33. The minimum atomic E-state index is -0.0178. The number of carbonyl (C=O) groups excluding carboxylic acids is 1. The zero-order chi connectivity index (χ0) is 12.4. The van der Waals surface area contributed by atoms with E-state index in [1.165, 1.54) is 0 Å². The monoisotopic (exact) mass is 247 g/mol. The molecule has 0 radical (unpaired) electrons. The van der Waals surface area contributed by atoms with Gasteiger partial charge in [0.05, 0.1) is 17.9 Å². The molecular weight excluding hydrogens is 230 g/mol. The second-order valence-corrected chi connectivity index (χ2v) is 4.74. The van der Waals surface area contributed by atoms with Gasteiger partial charge < -0.3 is 14.8 Å². The van der Waals surface area contributed by atoms with Gasteiger partial charge in [-0.2, -0.15) is 0 Å². The first-order valence-corrected chi connectivity index (χ1v) is 6.48. The summed E-state index contributed by atoms with van der Waals surface area (Å²) in [5.41, 5.74) is 1.61. The van der Waals surface area contributed by atoms with Gasteiger partial charge in [0, 0.05) is 19.1 Å². The van der Waals surface area contributed by atoms with Crippen molar-refractivity contribution in [1.29, 1.82) is 0 Å². The highest BCUT2D eigenvalue weighted by molar-refractivity contribution is 6.02. The lowest BCUT2D eigenvalue weighted by atomic mass is 9.92. The average Bonchev–Trinajstić information content (AvgIpc) is 2.47. The molecule has 1 saturated heterocycles. The first-order valence-electron chi connectivity index (χ1n) is 6.48. The summed E-state index contributed by atoms with van der Waals surface area (Å²) in [5, 5.41) is 3.25. The van der Waals surface area contributed by atoms with Crippen LogP contribution in [0.15, 0.2) is 18.2 Å². The molecule has 1 fully saturated rings. The van der Waals surface area contributed by atoms with Crippen molar-refractivity contribution in [3.05, 3.63) is 23.8 Å². The number of hydrogen-bond acceptors (Lipinski definition) is 4. The highest BCUT2D eigenvalue weighted by Gasteiger charge is 2.27. The molecule has 2 aliphatic heterocycles. The smallest absolute Gasteiger partial charge is 0.172 e. The van der Waals surface area contributed by atoms with Crippen LogP contribution in [0.3, 0.4) is 0 Å². The Labute approximate surface area is 106 Å². The molecule has 0 saturated carbocycles. The predicted molar refractivity (Wildman–Crippen MR) is 68.3 cm³/mol. The van der Waals surface area contributed by atoms with Gasteiger partial charge >= 0.3 is 0 Å². The van der Waals surface area contributed by atoms with Crippen molar-refractivity contribution in [2.75, 3.05) is 31.7 Å². The van der Waals surface area contributed by atoms with Crippen molar-refractivity contribution in [1.82, 2.24) is 0 Å². The Kier molecular flexibility index (Phi) is 3.19. The summed E-state index contributed by atoms with van der Waals surface area (Å²) in [4.78, 5) is 12.5. The summed E-state index contributed by atoms with van der Waals surface area (Å²) in [6.07, 6.45) is 1.88. The summed E-state index contributed by atoms with van der Waals surface area (Å²) < 4.78 is 11.0. The number of Topliss-reactive ketones (excluding diaryl/α,β-unsaturated/α-hetero) is 1. The topological polar surface area (TPSA) is 47.6 Å². The summed E-state index contributed by atoms with van der Waals surface area (Å²) in [7, 11) is 0. The molecule has 0 amide bonds. The van der Waals surface area contributed by atoms with Gasteiger partial charge in [0.2, 0.25) is 0 Å². The van der Waals surface area contributed by atoms with Crippen LogP contribution in [0, 0.1) is 5.92 Å². The SMILES string of the molecule is O=C(c1cccc2c1OCCN2)C1CCCOC1. The van der Waals surface area contributed by atoms with Crippen LogP contribution in [0.5, 0.6) is 5.75 Å². The molecule has 0 aliphatic carbocycles. The molecular formula is C14H17NO3. The summed E-state index contributed by atoms with van der Waals surface area (Å²) >= 11 is 0. The fourth-order valence-corrected chi connectivity index (χ4v) is 2.53. The van der Waals surface area contributed by atoms with E-state index in [4.69, 9.17) is 9.47 Å². The van der Waals surface area contributed by atoms with Crippen molar-refractivity contribution in [3.63, 3.8) is 0 Å². The Morgan fingerprint density at radius 1 is 1.33 bits per heavy atom. The van der Waals surface area contributed by atoms with Crippen molar-refractivity contribution < 1.29 is 14.3 Å². The lowest BCUT2D eigenvalue weighted by molar-refractivity contribution is 0.0459. The minimum absolute atomic E-state index is 0.0178. The van der Waals surface area contributed by atoms with Crippen LogP contribution in [0.1, 0.15) is 23.2 Å². The molecule has 0 aromatic heterocycles. The second kappa shape index (κ2) is 4.98. The molecule has 1 aromatic carbocycles. The van der Waals surface area contributed by atoms with E-state index in [1.807, 2.05) is 18.2 Å². The van der Waals surface area contributed by atoms with Crippen molar-refractivity contribution in [2.24, 2.45) is 5.92 Å². The van der Waals surface area contributed by atoms with Gasteiger partial charge in [-0.25, -0.2) is 0 Å². The molecule has 4 heteroatoms. The van der Waals surface area contributed by atoms with Crippen LogP contribution < -0.4 is 10.1 Å². The molecule has 2 heterocycles. The number of carbonyl (C=O) groups is 1. The van der Waals surface area contributed by atoms with Crippen LogP contribution in [-0.4, -0.2) is 32.1 Å². The van der Waals surface area contributed by atoms with E-state index in [-0.39, 0.29) is 11.7 Å². The summed E-state index contributed by atoms with van der Waals surface area (Å²) in [5.74, 6) is 0.838. The van der Waals surface area contributed by atoms with Gasteiger partial charge in [0.1, 0.15) is 6.61 Å². The van der Waals surface area contributed by atoms with Gasteiger partial charge in [0.25, 0.3) is 0 Å². The fourth-order valence-electron chi connectivity index (χ4n) is 2.53. The first kappa shape index (κ1) is 11.5. The lowest BCUT2D eigenvalue weighted by Gasteiger charge is -2.25. The Balaban J connectivity index is 1.89. The van der Waals surface area contributed by atoms with Crippen LogP contribution in [0.25, 0.3) is 0 Å². The Bertz CT molecular complexity index is 452. The molecule has 0 bridgehead atoms. The van der Waals surface area contributed by atoms with E-state index < -0.39 is 0 Å². The third-order valence-electron chi connectivity index (χ3n) is 3.48. The van der Waals surface area contributed by atoms with Gasteiger partial charge in [0.15, 0.2) is 11.5 Å². The molecule has 1 atom stereocenters. The first-order chi connectivity index (χ1) is 8.86. The number of anilines is 1. The van der Waals surface area contributed by atoms with E-state index in [0.29, 0.717) is 24.5 Å². The molecule has 4 nitrogen and oxygen atoms in total. The van der Waals surface area contributed by atoms with E-state index >= 15 is 0 Å². The maximum Gasteiger partial charge on any atom is 0.172 e. The lowest BCUT2D eigenvalue weighted by Crippen LogP contribution is -2.27. The van der Waals surface area contributed by atoms with E-state index in [0.717, 1.165) is 31.7 Å². The molecule has 3 rings (SSSR count). The molecule has 1 N–H and O–H groups in total. The number of nitrogens with one attached hydrogen (secondary N) is 1. The molecule has 1 unspecified atom stereocenters. The predicted octanol–water partition coefficient (Wildman–Crippen LogP) is 2.10. The number of ether oxygens (including phenoxy) is 2. The summed E-state index contributed by atoms with van der Waals surface area (Å²) in [6, 6.07) is 5.70. The van der Waals surface area contributed by atoms with Gasteiger partial charge in [-0.05, 0) is 25.0 Å². The van der Waals surface area contributed by atoms with Crippen LogP contribution in [0.4, 0.5) is 5.69 Å². The van der Waals surface area contributed by atoms with Crippen molar-refractivity contribution in [3.8, 4) is 5.75 Å². The van der Waals surface area contributed by atoms with Crippen LogP contribution in [-0.2, 0) is 4.74 Å². The quantitative estimate of drug-likeness (QED) is 0.813. The van der Waals surface area contributed by atoms with E-state index in [1.54, 1.807) is 0 Å². The zero-order valence-corrected chi connectivity index (χ0v) is 10.3. The molecule has 18 heavy (non-hydrogen) atoms. The van der Waals surface area contributed by atoms with Crippen LogP contribution >= 0.6 is 0 Å². The largest absolute Gasteiger partial charge is 0.489 e. The Hall–Kier alpha value is -1.55. The number of rotatable bonds is 2. The fraction of sp³-hybridized carbons (Fsp3) is 0.500. The van der Waals surface area contributed by atoms with Gasteiger partial charge in [-0.3, -0.25) is 4.79 Å². The van der Waals surface area contributed by atoms with Crippen molar-refractivity contribution >= 4 is 11.5 Å². The number of hydrogen-bond donors (Lipinski definition) is 1. The average molecular weight is 247 g/mol. The third kappa shape index (κ3) is 2.08. The maximum absolute atomic E-state index is 12.5. The number of para-hydroxylation sites is 1. The Morgan fingerprint density at radius 2 is 2.28 bits per heavy atom. The Morgan fingerprint density at radius 3 is 3.11 bits per heavy atom. The maximum atomic E-state index is 12.5. The van der Waals surface area contributed by atoms with Crippen LogP contribution in [0.2, 0.25) is 0 Å². The third-order valence-corrected chi connectivity index (χ3v) is 3.48. The van der Waals surface area contributed by atoms with Gasteiger partial charge in [-0.15, -0.1) is 0 Å².